The van der Waals surface area contributed by atoms with E-state index >= 15 is 0 Å². The zero-order chi connectivity index (χ0) is 15.9. The first-order valence-electron chi connectivity index (χ1n) is 8.38. The van der Waals surface area contributed by atoms with Gasteiger partial charge in [0, 0.05) is 6.04 Å². The van der Waals surface area contributed by atoms with E-state index in [9.17, 15) is 9.59 Å². The fourth-order valence-corrected chi connectivity index (χ4v) is 3.80. The van der Waals surface area contributed by atoms with E-state index in [1.54, 1.807) is 0 Å². The molecule has 1 spiro atoms. The molecule has 5 nitrogen and oxygen atoms in total. The number of amides is 1. The molecule has 0 saturated carbocycles. The Morgan fingerprint density at radius 1 is 1.55 bits per heavy atom. The molecule has 0 aliphatic carbocycles. The SMILES string of the molecule is CCCCOC(=O)[C@@H]1[C@H]2C(=O)N([C@H](C)CC)C[C@]23C=C[C@H]1O3. The molecule has 0 N–H and O–H groups in total. The maximum absolute atomic E-state index is 12.8. The van der Waals surface area contributed by atoms with Gasteiger partial charge in [-0.2, -0.15) is 0 Å². The Kier molecular flexibility index (Phi) is 4.02. The highest BCUT2D eigenvalue weighted by Gasteiger charge is 2.67. The highest BCUT2D eigenvalue weighted by molar-refractivity contribution is 5.91. The molecule has 3 heterocycles. The number of carbonyl (C=O) groups is 2. The molecule has 5 atom stereocenters. The Bertz CT molecular complexity index is 503. The average molecular weight is 307 g/mol. The molecule has 1 amide bonds. The molecule has 2 fully saturated rings. The molecule has 3 rings (SSSR count). The van der Waals surface area contributed by atoms with Crippen molar-refractivity contribution in [3.05, 3.63) is 12.2 Å². The van der Waals surface area contributed by atoms with E-state index in [0.717, 1.165) is 19.3 Å². The minimum atomic E-state index is -0.611. The van der Waals surface area contributed by atoms with Gasteiger partial charge in [-0.1, -0.05) is 32.4 Å². The first-order chi connectivity index (χ1) is 10.5. The largest absolute Gasteiger partial charge is 0.465 e. The van der Waals surface area contributed by atoms with Crippen LogP contribution in [0.25, 0.3) is 0 Å². The Balaban J connectivity index is 1.79. The van der Waals surface area contributed by atoms with Crippen molar-refractivity contribution in [3.63, 3.8) is 0 Å². The maximum Gasteiger partial charge on any atom is 0.312 e. The maximum atomic E-state index is 12.8. The third-order valence-corrected chi connectivity index (χ3v) is 5.27. The zero-order valence-electron chi connectivity index (χ0n) is 13.6. The van der Waals surface area contributed by atoms with Gasteiger partial charge in [-0.15, -0.1) is 0 Å². The van der Waals surface area contributed by atoms with Crippen molar-refractivity contribution in [3.8, 4) is 0 Å². The highest BCUT2D eigenvalue weighted by Crippen LogP contribution is 2.52. The van der Waals surface area contributed by atoms with Gasteiger partial charge in [0.05, 0.1) is 25.2 Å². The van der Waals surface area contributed by atoms with Crippen LogP contribution >= 0.6 is 0 Å². The molecule has 2 saturated heterocycles. The van der Waals surface area contributed by atoms with Gasteiger partial charge >= 0.3 is 5.97 Å². The summed E-state index contributed by atoms with van der Waals surface area (Å²) in [4.78, 5) is 27.1. The summed E-state index contributed by atoms with van der Waals surface area (Å²) in [7, 11) is 0. The summed E-state index contributed by atoms with van der Waals surface area (Å²) in [5, 5.41) is 0. The molecule has 0 unspecified atom stereocenters. The first-order valence-corrected chi connectivity index (χ1v) is 8.38. The lowest BCUT2D eigenvalue weighted by Gasteiger charge is -2.26. The first kappa shape index (κ1) is 15.5. The fraction of sp³-hybridized carbons (Fsp3) is 0.765. The number of hydrogen-bond donors (Lipinski definition) is 0. The minimum absolute atomic E-state index is 0.0404. The number of rotatable bonds is 6. The van der Waals surface area contributed by atoms with E-state index in [0.29, 0.717) is 13.2 Å². The molecule has 3 aliphatic heterocycles. The Morgan fingerprint density at radius 2 is 2.32 bits per heavy atom. The number of hydrogen-bond acceptors (Lipinski definition) is 4. The zero-order valence-corrected chi connectivity index (χ0v) is 13.6. The van der Waals surface area contributed by atoms with Crippen LogP contribution in [-0.2, 0) is 19.1 Å². The summed E-state index contributed by atoms with van der Waals surface area (Å²) in [6.45, 7) is 7.13. The van der Waals surface area contributed by atoms with E-state index in [2.05, 4.69) is 13.8 Å². The average Bonchev–Trinajstić information content (AvgIpc) is 3.15. The van der Waals surface area contributed by atoms with E-state index in [1.165, 1.54) is 0 Å². The minimum Gasteiger partial charge on any atom is -0.465 e. The van der Waals surface area contributed by atoms with Crippen LogP contribution in [0.2, 0.25) is 0 Å². The van der Waals surface area contributed by atoms with E-state index in [1.807, 2.05) is 24.0 Å². The van der Waals surface area contributed by atoms with Crippen LogP contribution in [0.3, 0.4) is 0 Å². The van der Waals surface area contributed by atoms with Crippen LogP contribution in [0.5, 0.6) is 0 Å². The van der Waals surface area contributed by atoms with Crippen LogP contribution in [0.4, 0.5) is 0 Å². The van der Waals surface area contributed by atoms with Crippen molar-refractivity contribution >= 4 is 11.9 Å². The lowest BCUT2D eigenvalue weighted by atomic mass is 9.77. The van der Waals surface area contributed by atoms with Gasteiger partial charge in [0.2, 0.25) is 5.91 Å². The van der Waals surface area contributed by atoms with Crippen molar-refractivity contribution in [2.45, 2.75) is 57.8 Å². The van der Waals surface area contributed by atoms with Crippen LogP contribution in [-0.4, -0.2) is 47.7 Å². The van der Waals surface area contributed by atoms with Gasteiger partial charge in [-0.05, 0) is 19.8 Å². The number of esters is 1. The predicted molar refractivity (Wildman–Crippen MR) is 81.1 cm³/mol. The molecule has 5 heteroatoms. The summed E-state index contributed by atoms with van der Waals surface area (Å²) in [5.41, 5.74) is -0.611. The fourth-order valence-electron chi connectivity index (χ4n) is 3.80. The van der Waals surface area contributed by atoms with E-state index in [4.69, 9.17) is 9.47 Å². The number of ether oxygens (including phenoxy) is 2. The van der Waals surface area contributed by atoms with Crippen LogP contribution < -0.4 is 0 Å². The number of nitrogens with zero attached hydrogens (tertiary/aromatic N) is 1. The van der Waals surface area contributed by atoms with E-state index < -0.39 is 17.4 Å². The van der Waals surface area contributed by atoms with Crippen LogP contribution in [0, 0.1) is 11.8 Å². The van der Waals surface area contributed by atoms with Crippen molar-refractivity contribution in [1.82, 2.24) is 4.90 Å². The molecule has 122 valence electrons. The third-order valence-electron chi connectivity index (χ3n) is 5.27. The number of carbonyl (C=O) groups excluding carboxylic acids is 2. The standard InChI is InChI=1S/C17H25NO4/c1-4-6-9-21-16(20)13-12-7-8-17(22-12)10-18(11(3)5-2)15(19)14(13)17/h7-8,11-14H,4-6,9-10H2,1-3H3/t11-,12-,13+,14+,17-/m1/s1. The van der Waals surface area contributed by atoms with Crippen molar-refractivity contribution in [2.24, 2.45) is 11.8 Å². The lowest BCUT2D eigenvalue weighted by molar-refractivity contribution is -0.154. The van der Waals surface area contributed by atoms with Gasteiger partial charge in [-0.25, -0.2) is 0 Å². The second kappa shape index (κ2) is 5.69. The molecule has 0 radical (unpaired) electrons. The van der Waals surface area contributed by atoms with Gasteiger partial charge in [-0.3, -0.25) is 9.59 Å². The summed E-state index contributed by atoms with van der Waals surface area (Å²) < 4.78 is 11.4. The van der Waals surface area contributed by atoms with Gasteiger partial charge in [0.1, 0.15) is 11.5 Å². The Morgan fingerprint density at radius 3 is 3.00 bits per heavy atom. The molecular formula is C17H25NO4. The molecule has 2 bridgehead atoms. The van der Waals surface area contributed by atoms with Gasteiger partial charge < -0.3 is 14.4 Å². The summed E-state index contributed by atoms with van der Waals surface area (Å²) in [6.07, 6.45) is 6.33. The summed E-state index contributed by atoms with van der Waals surface area (Å²) in [6, 6.07) is 0.167. The highest BCUT2D eigenvalue weighted by atomic mass is 16.6. The van der Waals surface area contributed by atoms with Gasteiger partial charge in [0.25, 0.3) is 0 Å². The van der Waals surface area contributed by atoms with Crippen molar-refractivity contribution in [1.29, 1.82) is 0 Å². The van der Waals surface area contributed by atoms with Crippen molar-refractivity contribution < 1.29 is 19.1 Å². The third kappa shape index (κ3) is 2.18. The Labute approximate surface area is 131 Å². The molecule has 3 aliphatic rings. The second-order valence-corrected chi connectivity index (χ2v) is 6.64. The topological polar surface area (TPSA) is 55.8 Å². The quantitative estimate of drug-likeness (QED) is 0.427. The van der Waals surface area contributed by atoms with Crippen LogP contribution in [0.1, 0.15) is 40.0 Å². The van der Waals surface area contributed by atoms with Crippen LogP contribution in [0.15, 0.2) is 12.2 Å². The predicted octanol–water partition coefficient (Wildman–Crippen LogP) is 1.91. The summed E-state index contributed by atoms with van der Waals surface area (Å²) in [5.74, 6) is -1.14. The van der Waals surface area contributed by atoms with Gasteiger partial charge in [0.15, 0.2) is 0 Å². The molecule has 22 heavy (non-hydrogen) atoms. The van der Waals surface area contributed by atoms with E-state index in [-0.39, 0.29) is 24.0 Å². The molecule has 0 aromatic heterocycles. The number of fused-ring (bicyclic) bond motifs is 1. The second-order valence-electron chi connectivity index (χ2n) is 6.64. The monoisotopic (exact) mass is 307 g/mol. The number of unbranched alkanes of at least 4 members (excludes halogenated alkanes) is 1. The molecule has 0 aromatic rings. The smallest absolute Gasteiger partial charge is 0.312 e. The molecule has 0 aromatic carbocycles. The lowest BCUT2D eigenvalue weighted by Crippen LogP contribution is -2.41. The molecular weight excluding hydrogens is 282 g/mol. The normalized spacial score (nSPS) is 36.8. The van der Waals surface area contributed by atoms with Crippen molar-refractivity contribution in [2.75, 3.05) is 13.2 Å². The Hall–Kier alpha value is -1.36. The number of likely N-dealkylation sites (tertiary alicyclic amines) is 1. The summed E-state index contributed by atoms with van der Waals surface area (Å²) >= 11 is 0.